The Bertz CT molecular complexity index is 11.6. The molecule has 0 aliphatic carbocycles. The second-order valence-corrected chi connectivity index (χ2v) is 35.6. The summed E-state index contributed by atoms with van der Waals surface area (Å²) >= 11 is 7.39. The molecule has 0 radical (unpaired) electrons. The molecule has 0 amide bonds. The van der Waals surface area contributed by atoms with Gasteiger partial charge in [-0.25, -0.2) is 0 Å². The molecular formula is CH3I3V-. The molecule has 0 atom stereocenters. The van der Waals surface area contributed by atoms with Crippen LogP contribution < -0.4 is 0 Å². The van der Waals surface area contributed by atoms with E-state index in [0.717, 1.165) is 0 Å². The quantitative estimate of drug-likeness (QED) is 0.396. The van der Waals surface area contributed by atoms with Crippen LogP contribution in [-0.4, -0.2) is 0 Å². The van der Waals surface area contributed by atoms with Crippen molar-refractivity contribution < 1.29 is 4.92 Å². The number of halogens is 3. The fourth-order valence-corrected chi connectivity index (χ4v) is 0. The van der Waals surface area contributed by atoms with Crippen molar-refractivity contribution in [3.05, 3.63) is 7.43 Å². The first-order chi connectivity index (χ1) is 1.73. The maximum absolute atomic E-state index is 2.46. The SMILES string of the molecule is [CH3-].[I][V]([I])[I]. The molecule has 5 heavy (non-hydrogen) atoms. The Morgan fingerprint density at radius 3 is 1.00 bits per heavy atom. The minimum absolute atomic E-state index is 0. The van der Waals surface area contributed by atoms with Gasteiger partial charge in [-0.2, -0.15) is 0 Å². The third kappa shape index (κ3) is 20.1. The van der Waals surface area contributed by atoms with E-state index in [9.17, 15) is 0 Å². The Labute approximate surface area is 70.6 Å². The van der Waals surface area contributed by atoms with Gasteiger partial charge in [-0.05, 0) is 0 Å². The average molecular weight is 447 g/mol. The van der Waals surface area contributed by atoms with Crippen LogP contribution in [0.3, 0.4) is 0 Å². The van der Waals surface area contributed by atoms with Crippen LogP contribution in [-0.2, 0) is 4.92 Å². The van der Waals surface area contributed by atoms with Gasteiger partial charge < -0.3 is 7.43 Å². The predicted octanol–water partition coefficient (Wildman–Crippen LogP) is 3.10. The van der Waals surface area contributed by atoms with Gasteiger partial charge in [0.2, 0.25) is 0 Å². The van der Waals surface area contributed by atoms with Gasteiger partial charge in [-0.3, -0.25) is 0 Å². The van der Waals surface area contributed by atoms with Crippen LogP contribution in [0.25, 0.3) is 0 Å². The molecule has 0 heterocycles. The third-order valence-corrected chi connectivity index (χ3v) is 0. The zero-order chi connectivity index (χ0) is 3.58. The number of rotatable bonds is 0. The van der Waals surface area contributed by atoms with Gasteiger partial charge >= 0.3 is 64.9 Å². The van der Waals surface area contributed by atoms with E-state index < -0.39 is 0 Å². The Morgan fingerprint density at radius 2 is 1.00 bits per heavy atom. The summed E-state index contributed by atoms with van der Waals surface area (Å²) in [5.41, 5.74) is 0. The second kappa shape index (κ2) is 6.77. The first-order valence-electron chi connectivity index (χ1n) is 0.507. The van der Waals surface area contributed by atoms with Crippen LogP contribution >= 0.6 is 59.9 Å². The Kier molecular flexibility index (Phi) is 14.5. The number of hydrogen-bond acceptors (Lipinski definition) is 0. The molecular weight excluding hydrogens is 444 g/mol. The van der Waals surface area contributed by atoms with E-state index >= 15 is 0 Å². The molecule has 0 spiro atoms. The van der Waals surface area contributed by atoms with Crippen molar-refractivity contribution in [3.63, 3.8) is 0 Å². The summed E-state index contributed by atoms with van der Waals surface area (Å²) in [6.07, 6.45) is 0. The van der Waals surface area contributed by atoms with E-state index in [1.165, 1.54) is 0 Å². The molecule has 0 aliphatic rings. The van der Waals surface area contributed by atoms with Gasteiger partial charge in [-0.15, -0.1) is 0 Å². The number of hydrogen-bond donors (Lipinski definition) is 0. The predicted molar refractivity (Wildman–Crippen MR) is 48.5 cm³/mol. The summed E-state index contributed by atoms with van der Waals surface area (Å²) in [5.74, 6) is 0. The van der Waals surface area contributed by atoms with Gasteiger partial charge in [0.1, 0.15) is 0 Å². The molecule has 0 fully saturated rings. The summed E-state index contributed by atoms with van der Waals surface area (Å²) in [6, 6.07) is 0. The van der Waals surface area contributed by atoms with Crippen LogP contribution in [0.4, 0.5) is 0 Å². The molecule has 0 N–H and O–H groups in total. The van der Waals surface area contributed by atoms with Crippen LogP contribution in [0, 0.1) is 7.43 Å². The summed E-state index contributed by atoms with van der Waals surface area (Å²) in [4.78, 5) is -0.278. The van der Waals surface area contributed by atoms with Crippen molar-refractivity contribution in [2.45, 2.75) is 0 Å². The monoisotopic (exact) mass is 447 g/mol. The van der Waals surface area contributed by atoms with E-state index in [4.69, 9.17) is 0 Å². The van der Waals surface area contributed by atoms with Gasteiger partial charge in [-0.1, -0.05) is 0 Å². The van der Waals surface area contributed by atoms with Crippen molar-refractivity contribution >= 4 is 59.9 Å². The minimum atomic E-state index is -0.278. The molecule has 0 rings (SSSR count). The topological polar surface area (TPSA) is 0 Å². The van der Waals surface area contributed by atoms with Crippen molar-refractivity contribution in [2.24, 2.45) is 0 Å². The molecule has 0 nitrogen and oxygen atoms in total. The van der Waals surface area contributed by atoms with Gasteiger partial charge in [0.05, 0.1) is 0 Å². The van der Waals surface area contributed by atoms with Crippen molar-refractivity contribution in [3.8, 4) is 0 Å². The summed E-state index contributed by atoms with van der Waals surface area (Å²) in [6.45, 7) is 0. The first-order valence-corrected chi connectivity index (χ1v) is 14.0. The van der Waals surface area contributed by atoms with Gasteiger partial charge in [0.25, 0.3) is 0 Å². The van der Waals surface area contributed by atoms with E-state index in [1.807, 2.05) is 0 Å². The second-order valence-electron chi connectivity index (χ2n) is 0.192. The molecule has 0 aromatic heterocycles. The van der Waals surface area contributed by atoms with E-state index in [-0.39, 0.29) is 12.3 Å². The van der Waals surface area contributed by atoms with Crippen molar-refractivity contribution in [1.29, 1.82) is 0 Å². The fraction of sp³-hybridized carbons (Fsp3) is 0. The van der Waals surface area contributed by atoms with Crippen molar-refractivity contribution in [1.82, 2.24) is 0 Å². The maximum atomic E-state index is 2.46. The zero-order valence-electron chi connectivity index (χ0n) is 2.58. The van der Waals surface area contributed by atoms with Crippen LogP contribution in [0.5, 0.6) is 0 Å². The molecule has 0 aromatic carbocycles. The average Bonchev–Trinajstić information content (AvgIpc) is 0.811. The van der Waals surface area contributed by atoms with Crippen molar-refractivity contribution in [2.75, 3.05) is 0 Å². The van der Waals surface area contributed by atoms with E-state index in [1.54, 1.807) is 0 Å². The molecule has 0 bridgehead atoms. The summed E-state index contributed by atoms with van der Waals surface area (Å²) in [5, 5.41) is 0. The molecule has 34 valence electrons. The Hall–Kier alpha value is 2.77. The standard InChI is InChI=1S/CH3.3HI.V/h1H3;3*1H;/q-1;;;;+3/p-3. The molecule has 0 aliphatic heterocycles. The summed E-state index contributed by atoms with van der Waals surface area (Å²) in [7, 11) is 0. The normalized spacial score (nSPS) is 7.20. The van der Waals surface area contributed by atoms with Gasteiger partial charge in [0, 0.05) is 0 Å². The summed E-state index contributed by atoms with van der Waals surface area (Å²) < 4.78 is 0. The molecule has 0 unspecified atom stereocenters. The third-order valence-electron chi connectivity index (χ3n) is 0. The molecule has 0 aromatic rings. The first kappa shape index (κ1) is 10.7. The van der Waals surface area contributed by atoms with Gasteiger partial charge in [0.15, 0.2) is 0 Å². The fourth-order valence-electron chi connectivity index (χ4n) is 0. The van der Waals surface area contributed by atoms with Crippen LogP contribution in [0.15, 0.2) is 0 Å². The van der Waals surface area contributed by atoms with E-state index in [0.29, 0.717) is 0 Å². The molecule has 0 saturated heterocycles. The van der Waals surface area contributed by atoms with E-state index in [2.05, 4.69) is 59.9 Å². The van der Waals surface area contributed by atoms with Crippen LogP contribution in [0.1, 0.15) is 0 Å². The zero-order valence-corrected chi connectivity index (χ0v) is 10.5. The van der Waals surface area contributed by atoms with Crippen LogP contribution in [0.2, 0.25) is 0 Å². The Morgan fingerprint density at radius 1 is 1.00 bits per heavy atom. The molecule has 4 heteroatoms. The molecule has 0 saturated carbocycles. The Balaban J connectivity index is 0.